The molecule has 0 aliphatic carbocycles. The molecule has 0 unspecified atom stereocenters. The second-order valence-electron chi connectivity index (χ2n) is 5.87. The number of hydrogen-bond acceptors (Lipinski definition) is 2. The smallest absolute Gasteiger partial charge is 0.225 e. The van der Waals surface area contributed by atoms with Crippen molar-refractivity contribution >= 4 is 21.8 Å². The fourth-order valence-electron chi connectivity index (χ4n) is 2.59. The van der Waals surface area contributed by atoms with E-state index in [1.165, 1.54) is 6.07 Å². The SMILES string of the molecule is CC(C)C(=O)N1CCC(NCc2ccc(Br)cc2F)CC1. The van der Waals surface area contributed by atoms with Crippen LogP contribution in [0.5, 0.6) is 0 Å². The highest BCUT2D eigenvalue weighted by atomic mass is 79.9. The number of nitrogens with one attached hydrogen (secondary N) is 1. The van der Waals surface area contributed by atoms with E-state index in [4.69, 9.17) is 0 Å². The first kappa shape index (κ1) is 16.4. The Morgan fingerprint density at radius 2 is 2.10 bits per heavy atom. The van der Waals surface area contributed by atoms with Crippen molar-refractivity contribution in [3.05, 3.63) is 34.1 Å². The lowest BCUT2D eigenvalue weighted by atomic mass is 10.0. The van der Waals surface area contributed by atoms with Crippen LogP contribution in [0.2, 0.25) is 0 Å². The van der Waals surface area contributed by atoms with Gasteiger partial charge in [-0.3, -0.25) is 4.79 Å². The summed E-state index contributed by atoms with van der Waals surface area (Å²) < 4.78 is 14.5. The van der Waals surface area contributed by atoms with E-state index in [0.29, 0.717) is 18.2 Å². The summed E-state index contributed by atoms with van der Waals surface area (Å²) in [5, 5.41) is 3.39. The molecule has 1 heterocycles. The van der Waals surface area contributed by atoms with Gasteiger partial charge in [0.2, 0.25) is 5.91 Å². The highest BCUT2D eigenvalue weighted by Gasteiger charge is 2.23. The molecule has 3 nitrogen and oxygen atoms in total. The van der Waals surface area contributed by atoms with Crippen LogP contribution < -0.4 is 5.32 Å². The van der Waals surface area contributed by atoms with Crippen LogP contribution in [-0.4, -0.2) is 29.9 Å². The maximum atomic E-state index is 13.7. The lowest BCUT2D eigenvalue weighted by Crippen LogP contribution is -2.46. The molecular weight excluding hydrogens is 335 g/mol. The molecule has 1 aliphatic heterocycles. The Morgan fingerprint density at radius 1 is 1.43 bits per heavy atom. The van der Waals surface area contributed by atoms with Gasteiger partial charge in [0.1, 0.15) is 5.82 Å². The van der Waals surface area contributed by atoms with Crippen LogP contribution >= 0.6 is 15.9 Å². The van der Waals surface area contributed by atoms with E-state index in [-0.39, 0.29) is 17.6 Å². The van der Waals surface area contributed by atoms with Crippen LogP contribution in [0.3, 0.4) is 0 Å². The predicted octanol–water partition coefficient (Wildman–Crippen LogP) is 3.32. The van der Waals surface area contributed by atoms with Crippen molar-refractivity contribution in [3.63, 3.8) is 0 Å². The first-order chi connectivity index (χ1) is 9.97. The van der Waals surface area contributed by atoms with Crippen molar-refractivity contribution in [1.29, 1.82) is 0 Å². The molecule has 21 heavy (non-hydrogen) atoms. The minimum atomic E-state index is -0.190. The normalized spacial score (nSPS) is 16.5. The molecule has 0 saturated carbocycles. The maximum Gasteiger partial charge on any atom is 0.225 e. The van der Waals surface area contributed by atoms with E-state index < -0.39 is 0 Å². The number of nitrogens with zero attached hydrogens (tertiary/aromatic N) is 1. The third-order valence-electron chi connectivity index (χ3n) is 3.90. The van der Waals surface area contributed by atoms with Gasteiger partial charge in [-0.05, 0) is 25.0 Å². The molecule has 1 fully saturated rings. The minimum Gasteiger partial charge on any atom is -0.342 e. The maximum absolute atomic E-state index is 13.7. The van der Waals surface area contributed by atoms with Gasteiger partial charge in [0.25, 0.3) is 0 Å². The average Bonchev–Trinajstić information content (AvgIpc) is 2.46. The molecule has 2 rings (SSSR count). The average molecular weight is 357 g/mol. The molecule has 0 aromatic heterocycles. The summed E-state index contributed by atoms with van der Waals surface area (Å²) in [4.78, 5) is 13.8. The second-order valence-corrected chi connectivity index (χ2v) is 6.79. The van der Waals surface area contributed by atoms with Crippen molar-refractivity contribution in [3.8, 4) is 0 Å². The van der Waals surface area contributed by atoms with Gasteiger partial charge in [0, 0.05) is 41.6 Å². The summed E-state index contributed by atoms with van der Waals surface area (Å²) in [6.07, 6.45) is 1.85. The molecule has 1 aromatic carbocycles. The number of carbonyl (C=O) groups is 1. The Bertz CT molecular complexity index is 499. The van der Waals surface area contributed by atoms with Crippen molar-refractivity contribution in [1.82, 2.24) is 10.2 Å². The minimum absolute atomic E-state index is 0.0615. The Hall–Kier alpha value is -0.940. The van der Waals surface area contributed by atoms with Crippen molar-refractivity contribution in [2.24, 2.45) is 5.92 Å². The molecule has 5 heteroatoms. The zero-order chi connectivity index (χ0) is 15.4. The number of piperidine rings is 1. The van der Waals surface area contributed by atoms with Crippen LogP contribution in [0, 0.1) is 11.7 Å². The van der Waals surface area contributed by atoms with Gasteiger partial charge in [0.15, 0.2) is 0 Å². The molecular formula is C16H22BrFN2O. The number of carbonyl (C=O) groups excluding carboxylic acids is 1. The molecule has 1 saturated heterocycles. The number of benzene rings is 1. The Kier molecular flexibility index (Phi) is 5.76. The van der Waals surface area contributed by atoms with Crippen LogP contribution in [0.15, 0.2) is 22.7 Å². The van der Waals surface area contributed by atoms with E-state index >= 15 is 0 Å². The second kappa shape index (κ2) is 7.36. The zero-order valence-electron chi connectivity index (χ0n) is 12.5. The zero-order valence-corrected chi connectivity index (χ0v) is 14.1. The summed E-state index contributed by atoms with van der Waals surface area (Å²) in [6.45, 7) is 5.98. The summed E-state index contributed by atoms with van der Waals surface area (Å²) in [5.74, 6) is 0.100. The Labute approximate surface area is 134 Å². The molecule has 1 N–H and O–H groups in total. The van der Waals surface area contributed by atoms with Crippen LogP contribution in [0.25, 0.3) is 0 Å². The van der Waals surface area contributed by atoms with E-state index in [2.05, 4.69) is 21.2 Å². The first-order valence-corrected chi connectivity index (χ1v) is 8.22. The molecule has 0 bridgehead atoms. The van der Waals surface area contributed by atoms with Crippen molar-refractivity contribution < 1.29 is 9.18 Å². The van der Waals surface area contributed by atoms with E-state index in [0.717, 1.165) is 30.4 Å². The van der Waals surface area contributed by atoms with Gasteiger partial charge in [-0.2, -0.15) is 0 Å². The number of halogens is 2. The van der Waals surface area contributed by atoms with Gasteiger partial charge in [0.05, 0.1) is 0 Å². The molecule has 1 aliphatic rings. The summed E-state index contributed by atoms with van der Waals surface area (Å²) >= 11 is 3.26. The van der Waals surface area contributed by atoms with Gasteiger partial charge < -0.3 is 10.2 Å². The predicted molar refractivity (Wildman–Crippen MR) is 85.4 cm³/mol. The fraction of sp³-hybridized carbons (Fsp3) is 0.562. The monoisotopic (exact) mass is 356 g/mol. The number of rotatable bonds is 4. The van der Waals surface area contributed by atoms with Gasteiger partial charge in [-0.1, -0.05) is 35.8 Å². The molecule has 1 amide bonds. The van der Waals surface area contributed by atoms with Crippen LogP contribution in [0.1, 0.15) is 32.3 Å². The molecule has 0 spiro atoms. The van der Waals surface area contributed by atoms with E-state index in [1.54, 1.807) is 6.07 Å². The third-order valence-corrected chi connectivity index (χ3v) is 4.39. The number of likely N-dealkylation sites (tertiary alicyclic amines) is 1. The summed E-state index contributed by atoms with van der Waals surface area (Å²) in [5.41, 5.74) is 0.680. The largest absolute Gasteiger partial charge is 0.342 e. The quantitative estimate of drug-likeness (QED) is 0.897. The summed E-state index contributed by atoms with van der Waals surface area (Å²) in [7, 11) is 0. The van der Waals surface area contributed by atoms with Gasteiger partial charge in [-0.25, -0.2) is 4.39 Å². The lowest BCUT2D eigenvalue weighted by Gasteiger charge is -2.33. The Balaban J connectivity index is 1.80. The Morgan fingerprint density at radius 3 is 2.67 bits per heavy atom. The number of hydrogen-bond donors (Lipinski definition) is 1. The standard InChI is InChI=1S/C16H22BrFN2O/c1-11(2)16(21)20-7-5-14(6-8-20)19-10-12-3-4-13(17)9-15(12)18/h3-4,9,11,14,19H,5-8,10H2,1-2H3. The topological polar surface area (TPSA) is 32.3 Å². The highest BCUT2D eigenvalue weighted by Crippen LogP contribution is 2.17. The molecule has 1 aromatic rings. The highest BCUT2D eigenvalue weighted by molar-refractivity contribution is 9.10. The molecule has 0 radical (unpaired) electrons. The van der Waals surface area contributed by atoms with Gasteiger partial charge >= 0.3 is 0 Å². The molecule has 0 atom stereocenters. The summed E-state index contributed by atoms with van der Waals surface area (Å²) in [6, 6.07) is 5.48. The first-order valence-electron chi connectivity index (χ1n) is 7.43. The molecule has 116 valence electrons. The van der Waals surface area contributed by atoms with Crippen LogP contribution in [-0.2, 0) is 11.3 Å². The number of amides is 1. The van der Waals surface area contributed by atoms with Crippen molar-refractivity contribution in [2.75, 3.05) is 13.1 Å². The van der Waals surface area contributed by atoms with Crippen LogP contribution in [0.4, 0.5) is 4.39 Å². The fourth-order valence-corrected chi connectivity index (χ4v) is 2.92. The van der Waals surface area contributed by atoms with E-state index in [9.17, 15) is 9.18 Å². The van der Waals surface area contributed by atoms with Gasteiger partial charge in [-0.15, -0.1) is 0 Å². The van der Waals surface area contributed by atoms with Crippen molar-refractivity contribution in [2.45, 2.75) is 39.3 Å². The third kappa shape index (κ3) is 4.51. The lowest BCUT2D eigenvalue weighted by molar-refractivity contribution is -0.135. The van der Waals surface area contributed by atoms with E-state index in [1.807, 2.05) is 24.8 Å².